The van der Waals surface area contributed by atoms with Crippen molar-refractivity contribution >= 4 is 23.2 Å². The van der Waals surface area contributed by atoms with Crippen LogP contribution in [-0.2, 0) is 0 Å². The van der Waals surface area contributed by atoms with E-state index in [-0.39, 0.29) is 11.3 Å². The molecule has 0 unspecified atom stereocenters. The standard InChI is InChI=1S/C14H11ClFNO3/c1-20-13-5-2-8(6-11(13)15)17-14(19)10-4-3-9(18)7-12(10)16/h2-7,18H,1H3,(H,17,19). The van der Waals surface area contributed by atoms with E-state index in [4.69, 9.17) is 21.4 Å². The maximum atomic E-state index is 13.5. The summed E-state index contributed by atoms with van der Waals surface area (Å²) in [4.78, 5) is 11.9. The van der Waals surface area contributed by atoms with Crippen molar-refractivity contribution in [1.82, 2.24) is 0 Å². The smallest absolute Gasteiger partial charge is 0.258 e. The van der Waals surface area contributed by atoms with Crippen molar-refractivity contribution in [3.05, 3.63) is 52.8 Å². The number of methoxy groups -OCH3 is 1. The van der Waals surface area contributed by atoms with Crippen LogP contribution in [0, 0.1) is 5.82 Å². The van der Waals surface area contributed by atoms with E-state index in [1.807, 2.05) is 0 Å². The minimum atomic E-state index is -0.804. The van der Waals surface area contributed by atoms with Gasteiger partial charge in [0.2, 0.25) is 0 Å². The number of carbonyl (C=O) groups excluding carboxylic acids is 1. The molecule has 0 aliphatic carbocycles. The molecule has 2 aromatic rings. The molecule has 0 fully saturated rings. The predicted molar refractivity (Wildman–Crippen MR) is 74.0 cm³/mol. The number of nitrogens with one attached hydrogen (secondary N) is 1. The maximum absolute atomic E-state index is 13.5. The number of benzene rings is 2. The van der Waals surface area contributed by atoms with Gasteiger partial charge in [-0.1, -0.05) is 11.6 Å². The van der Waals surface area contributed by atoms with Crippen LogP contribution in [0.25, 0.3) is 0 Å². The Bertz CT molecular complexity index is 661. The van der Waals surface area contributed by atoms with Gasteiger partial charge in [0.05, 0.1) is 17.7 Å². The topological polar surface area (TPSA) is 58.6 Å². The second-order valence-corrected chi connectivity index (χ2v) is 4.37. The molecule has 2 aromatic carbocycles. The average molecular weight is 296 g/mol. The minimum absolute atomic E-state index is 0.172. The summed E-state index contributed by atoms with van der Waals surface area (Å²) in [5.41, 5.74) is 0.239. The molecule has 0 aromatic heterocycles. The molecule has 2 rings (SSSR count). The van der Waals surface area contributed by atoms with Gasteiger partial charge in [0.15, 0.2) is 0 Å². The fourth-order valence-corrected chi connectivity index (χ4v) is 1.89. The summed E-state index contributed by atoms with van der Waals surface area (Å²) in [7, 11) is 1.48. The number of ether oxygens (including phenoxy) is 1. The lowest BCUT2D eigenvalue weighted by atomic mass is 10.2. The molecule has 0 spiro atoms. The summed E-state index contributed by atoms with van der Waals surface area (Å²) < 4.78 is 18.5. The Kier molecular flexibility index (Phi) is 4.10. The van der Waals surface area contributed by atoms with Gasteiger partial charge in [-0.3, -0.25) is 4.79 Å². The summed E-state index contributed by atoms with van der Waals surface area (Å²) in [6, 6.07) is 7.97. The Morgan fingerprint density at radius 2 is 2.05 bits per heavy atom. The van der Waals surface area contributed by atoms with Crippen LogP contribution in [0.15, 0.2) is 36.4 Å². The van der Waals surface area contributed by atoms with Crippen molar-refractivity contribution in [2.24, 2.45) is 0 Å². The largest absolute Gasteiger partial charge is 0.508 e. The van der Waals surface area contributed by atoms with E-state index in [9.17, 15) is 9.18 Å². The molecule has 2 N–H and O–H groups in total. The van der Waals surface area contributed by atoms with Gasteiger partial charge in [0.1, 0.15) is 17.3 Å². The fraction of sp³-hybridized carbons (Fsp3) is 0.0714. The number of phenolic OH excluding ortho intramolecular Hbond substituents is 1. The molecule has 0 radical (unpaired) electrons. The first-order valence-corrected chi connectivity index (χ1v) is 6.02. The average Bonchev–Trinajstić information content (AvgIpc) is 2.38. The van der Waals surface area contributed by atoms with Gasteiger partial charge in [0.25, 0.3) is 5.91 Å². The van der Waals surface area contributed by atoms with E-state index in [0.29, 0.717) is 16.5 Å². The number of anilines is 1. The van der Waals surface area contributed by atoms with Crippen LogP contribution in [-0.4, -0.2) is 18.1 Å². The molecule has 0 bridgehead atoms. The number of phenols is 1. The van der Waals surface area contributed by atoms with Crippen LogP contribution in [0.2, 0.25) is 5.02 Å². The van der Waals surface area contributed by atoms with Crippen molar-refractivity contribution in [3.63, 3.8) is 0 Å². The molecular weight excluding hydrogens is 285 g/mol. The molecule has 4 nitrogen and oxygen atoms in total. The van der Waals surface area contributed by atoms with Crippen LogP contribution in [0.4, 0.5) is 10.1 Å². The zero-order chi connectivity index (χ0) is 14.7. The SMILES string of the molecule is COc1ccc(NC(=O)c2ccc(O)cc2F)cc1Cl. The third-order valence-corrected chi connectivity index (χ3v) is 2.90. The monoisotopic (exact) mass is 295 g/mol. The predicted octanol–water partition coefficient (Wildman–Crippen LogP) is 3.45. The maximum Gasteiger partial charge on any atom is 0.258 e. The van der Waals surface area contributed by atoms with Crippen LogP contribution < -0.4 is 10.1 Å². The fourth-order valence-electron chi connectivity index (χ4n) is 1.63. The Balaban J connectivity index is 2.21. The molecule has 0 aliphatic rings. The van der Waals surface area contributed by atoms with Crippen molar-refractivity contribution in [1.29, 1.82) is 0 Å². The third-order valence-electron chi connectivity index (χ3n) is 2.61. The summed E-state index contributed by atoms with van der Waals surface area (Å²) in [5, 5.41) is 11.9. The number of carbonyl (C=O) groups is 1. The highest BCUT2D eigenvalue weighted by Crippen LogP contribution is 2.27. The van der Waals surface area contributed by atoms with Gasteiger partial charge < -0.3 is 15.2 Å². The second-order valence-electron chi connectivity index (χ2n) is 3.97. The number of aromatic hydroxyl groups is 1. The van der Waals surface area contributed by atoms with E-state index in [2.05, 4.69) is 5.32 Å². The van der Waals surface area contributed by atoms with Crippen LogP contribution >= 0.6 is 11.6 Å². The second kappa shape index (κ2) is 5.79. The summed E-state index contributed by atoms with van der Waals surface area (Å²) >= 11 is 5.93. The van der Waals surface area contributed by atoms with Gasteiger partial charge in [-0.25, -0.2) is 4.39 Å². The normalized spacial score (nSPS) is 10.2. The highest BCUT2D eigenvalue weighted by atomic mass is 35.5. The van der Waals surface area contributed by atoms with Crippen molar-refractivity contribution < 1.29 is 19.0 Å². The number of hydrogen-bond acceptors (Lipinski definition) is 3. The van der Waals surface area contributed by atoms with Crippen molar-refractivity contribution in [3.8, 4) is 11.5 Å². The number of rotatable bonds is 3. The lowest BCUT2D eigenvalue weighted by Crippen LogP contribution is -2.13. The molecule has 0 saturated heterocycles. The zero-order valence-corrected chi connectivity index (χ0v) is 11.2. The number of halogens is 2. The van der Waals surface area contributed by atoms with E-state index in [1.54, 1.807) is 12.1 Å². The van der Waals surface area contributed by atoms with Crippen LogP contribution in [0.1, 0.15) is 10.4 Å². The first-order chi connectivity index (χ1) is 9.51. The summed E-state index contributed by atoms with van der Waals surface area (Å²) in [6.45, 7) is 0. The van der Waals surface area contributed by atoms with Gasteiger partial charge >= 0.3 is 0 Å². The molecule has 0 heterocycles. The molecule has 0 atom stereocenters. The van der Waals surface area contributed by atoms with E-state index in [0.717, 1.165) is 6.07 Å². The number of hydrogen-bond donors (Lipinski definition) is 2. The van der Waals surface area contributed by atoms with E-state index < -0.39 is 11.7 Å². The van der Waals surface area contributed by atoms with Gasteiger partial charge in [0, 0.05) is 11.8 Å². The Morgan fingerprint density at radius 3 is 2.65 bits per heavy atom. The first kappa shape index (κ1) is 14.1. The molecule has 104 valence electrons. The van der Waals surface area contributed by atoms with Crippen LogP contribution in [0.5, 0.6) is 11.5 Å². The highest BCUT2D eigenvalue weighted by Gasteiger charge is 2.13. The first-order valence-electron chi connectivity index (χ1n) is 5.64. The lowest BCUT2D eigenvalue weighted by Gasteiger charge is -2.08. The zero-order valence-electron chi connectivity index (χ0n) is 10.5. The minimum Gasteiger partial charge on any atom is -0.508 e. The molecule has 6 heteroatoms. The molecular formula is C14H11ClFNO3. The van der Waals surface area contributed by atoms with Crippen LogP contribution in [0.3, 0.4) is 0 Å². The summed E-state index contributed by atoms with van der Waals surface area (Å²) in [5.74, 6) is -1.21. The Hall–Kier alpha value is -2.27. The van der Waals surface area contributed by atoms with Gasteiger partial charge in [-0.15, -0.1) is 0 Å². The Labute approximate surface area is 119 Å². The van der Waals surface area contributed by atoms with Gasteiger partial charge in [-0.2, -0.15) is 0 Å². The molecule has 0 aliphatic heterocycles. The molecule has 1 amide bonds. The third kappa shape index (κ3) is 3.00. The quantitative estimate of drug-likeness (QED) is 0.912. The highest BCUT2D eigenvalue weighted by molar-refractivity contribution is 6.32. The van der Waals surface area contributed by atoms with E-state index >= 15 is 0 Å². The number of amides is 1. The lowest BCUT2D eigenvalue weighted by molar-refractivity contribution is 0.102. The molecule has 20 heavy (non-hydrogen) atoms. The summed E-state index contributed by atoms with van der Waals surface area (Å²) in [6.07, 6.45) is 0. The van der Waals surface area contributed by atoms with Gasteiger partial charge in [-0.05, 0) is 30.3 Å². The van der Waals surface area contributed by atoms with E-state index in [1.165, 1.54) is 25.3 Å². The van der Waals surface area contributed by atoms with Crippen molar-refractivity contribution in [2.75, 3.05) is 12.4 Å². The Morgan fingerprint density at radius 1 is 1.30 bits per heavy atom. The van der Waals surface area contributed by atoms with Crippen molar-refractivity contribution in [2.45, 2.75) is 0 Å². The molecule has 0 saturated carbocycles.